The first-order valence-corrected chi connectivity index (χ1v) is 22.0. The Bertz CT molecular complexity index is 701. The van der Waals surface area contributed by atoms with E-state index in [0.717, 1.165) is 18.6 Å². The van der Waals surface area contributed by atoms with Crippen LogP contribution in [0.5, 0.6) is 5.75 Å². The average Bonchev–Trinajstić information content (AvgIpc) is 2.60. The minimum atomic E-state index is -1.67. The maximum absolute atomic E-state index is 11.2. The summed E-state index contributed by atoms with van der Waals surface area (Å²) in [6.07, 6.45) is 4.95. The molecule has 1 aromatic rings. The average molecular weight is 453 g/mol. The predicted octanol–water partition coefficient (Wildman–Crippen LogP) is 6.28. The number of hydrogen-bond donors (Lipinski definition) is 1. The van der Waals surface area contributed by atoms with Crippen LogP contribution in [0, 0.1) is 0 Å². The van der Waals surface area contributed by atoms with E-state index >= 15 is 0 Å². The van der Waals surface area contributed by atoms with Gasteiger partial charge in [-0.05, 0) is 57.1 Å². The molecule has 0 spiro atoms. The molecule has 1 heterocycles. The van der Waals surface area contributed by atoms with Gasteiger partial charge in [0.2, 0.25) is 0 Å². The number of carboxylic acid groups (broad SMARTS) is 1. The first-order valence-electron chi connectivity index (χ1n) is 11.0. The molecule has 1 saturated heterocycles. The number of carboxylic acids is 1. The first kappa shape index (κ1) is 24.4. The van der Waals surface area contributed by atoms with E-state index in [1.165, 1.54) is 12.8 Å². The van der Waals surface area contributed by atoms with E-state index in [0.29, 0.717) is 11.1 Å². The monoisotopic (exact) mass is 452 g/mol. The lowest BCUT2D eigenvalue weighted by atomic mass is 10.0. The van der Waals surface area contributed by atoms with Gasteiger partial charge < -0.3 is 14.3 Å². The second kappa shape index (κ2) is 9.08. The van der Waals surface area contributed by atoms with Gasteiger partial charge in [0.05, 0.1) is 20.3 Å². The van der Waals surface area contributed by atoms with Crippen LogP contribution in [0.3, 0.4) is 0 Å². The zero-order chi connectivity index (χ0) is 22.0. The molecule has 1 aromatic carbocycles. The summed E-state index contributed by atoms with van der Waals surface area (Å²) in [6, 6.07) is 6.89. The van der Waals surface area contributed by atoms with Crippen LogP contribution in [0.1, 0.15) is 49.9 Å². The summed E-state index contributed by atoms with van der Waals surface area (Å²) in [5.41, 5.74) is 0.756. The number of rotatable bonds is 8. The van der Waals surface area contributed by atoms with Gasteiger partial charge in [0, 0.05) is 11.6 Å². The topological polar surface area (TPSA) is 55.8 Å². The van der Waals surface area contributed by atoms with Crippen LogP contribution in [-0.4, -0.2) is 45.8 Å². The van der Waals surface area contributed by atoms with E-state index in [4.69, 9.17) is 9.16 Å². The SMILES string of the molecule is CCCCCC(Oc1ccc(C(=O)O)cc1)C1C(C)O[Si](C)(C)[Si](C)(C)[Si]1(C)C. The molecule has 3 unspecified atom stereocenters. The minimum Gasteiger partial charge on any atom is -0.490 e. The molecule has 0 saturated carbocycles. The van der Waals surface area contributed by atoms with Crippen molar-refractivity contribution in [2.24, 2.45) is 0 Å². The summed E-state index contributed by atoms with van der Waals surface area (Å²) in [5.74, 6) is -0.131. The van der Waals surface area contributed by atoms with Gasteiger partial charge >= 0.3 is 5.97 Å². The van der Waals surface area contributed by atoms with Crippen molar-refractivity contribution in [1.29, 1.82) is 0 Å². The third-order valence-electron chi connectivity index (χ3n) is 7.82. The third kappa shape index (κ3) is 4.89. The molecular weight excluding hydrogens is 412 g/mol. The van der Waals surface area contributed by atoms with Crippen LogP contribution in [0.15, 0.2) is 24.3 Å². The molecule has 1 fully saturated rings. The summed E-state index contributed by atoms with van der Waals surface area (Å²) < 4.78 is 13.4. The van der Waals surface area contributed by atoms with Crippen molar-refractivity contribution in [2.75, 3.05) is 0 Å². The highest BCUT2D eigenvalue weighted by molar-refractivity contribution is 7.68. The van der Waals surface area contributed by atoms with Gasteiger partial charge in [0.1, 0.15) is 11.9 Å². The van der Waals surface area contributed by atoms with Crippen LogP contribution >= 0.6 is 0 Å². The van der Waals surface area contributed by atoms with Gasteiger partial charge in [-0.3, -0.25) is 0 Å². The minimum absolute atomic E-state index is 0.130. The zero-order valence-electron chi connectivity index (χ0n) is 19.5. The first-order chi connectivity index (χ1) is 13.3. The Morgan fingerprint density at radius 2 is 1.69 bits per heavy atom. The summed E-state index contributed by atoms with van der Waals surface area (Å²) in [7, 11) is -4.77. The molecule has 1 aliphatic heterocycles. The quantitative estimate of drug-likeness (QED) is 0.372. The van der Waals surface area contributed by atoms with E-state index in [-0.39, 0.29) is 12.2 Å². The number of carbonyl (C=O) groups is 1. The van der Waals surface area contributed by atoms with Gasteiger partial charge in [0.15, 0.2) is 7.83 Å². The number of hydrogen-bond acceptors (Lipinski definition) is 3. The normalized spacial score (nSPS) is 25.9. The number of aromatic carboxylic acids is 1. The molecular formula is C22H40O4Si3. The van der Waals surface area contributed by atoms with Crippen molar-refractivity contribution >= 4 is 28.5 Å². The van der Waals surface area contributed by atoms with Crippen molar-refractivity contribution in [1.82, 2.24) is 0 Å². The molecule has 0 radical (unpaired) electrons. The Morgan fingerprint density at radius 1 is 1.10 bits per heavy atom. The van der Waals surface area contributed by atoms with Gasteiger partial charge in [-0.15, -0.1) is 0 Å². The number of unbranched alkanes of at least 4 members (excludes halogenated alkanes) is 2. The Kier molecular flexibility index (Phi) is 7.63. The van der Waals surface area contributed by atoms with E-state index in [1.54, 1.807) is 24.3 Å². The van der Waals surface area contributed by atoms with Gasteiger partial charge in [-0.25, -0.2) is 4.79 Å². The molecule has 0 aliphatic carbocycles. The van der Waals surface area contributed by atoms with Gasteiger partial charge in [-0.2, -0.15) is 0 Å². The van der Waals surface area contributed by atoms with E-state index in [1.807, 2.05) is 0 Å². The largest absolute Gasteiger partial charge is 0.490 e. The maximum Gasteiger partial charge on any atom is 0.335 e. The summed E-state index contributed by atoms with van der Waals surface area (Å²) >= 11 is 0. The number of ether oxygens (including phenoxy) is 1. The summed E-state index contributed by atoms with van der Waals surface area (Å²) in [5, 5.41) is 9.17. The Balaban J connectivity index is 2.35. The predicted molar refractivity (Wildman–Crippen MR) is 129 cm³/mol. The van der Waals surface area contributed by atoms with E-state index < -0.39 is 28.5 Å². The molecule has 1 aliphatic rings. The summed E-state index contributed by atoms with van der Waals surface area (Å²) in [4.78, 5) is 11.2. The van der Waals surface area contributed by atoms with Crippen LogP contribution in [0.2, 0.25) is 44.8 Å². The highest BCUT2D eigenvalue weighted by Crippen LogP contribution is 2.48. The molecule has 164 valence electrons. The van der Waals surface area contributed by atoms with E-state index in [2.05, 4.69) is 53.1 Å². The van der Waals surface area contributed by atoms with Crippen LogP contribution in [0.4, 0.5) is 0 Å². The van der Waals surface area contributed by atoms with Gasteiger partial charge in [0.25, 0.3) is 0 Å². The lowest BCUT2D eigenvalue weighted by molar-refractivity contribution is 0.0697. The Hall–Kier alpha value is -0.899. The van der Waals surface area contributed by atoms with Crippen LogP contribution < -0.4 is 4.74 Å². The second-order valence-electron chi connectivity index (χ2n) is 10.2. The smallest absolute Gasteiger partial charge is 0.335 e. The lowest BCUT2D eigenvalue weighted by Crippen LogP contribution is -2.79. The lowest BCUT2D eigenvalue weighted by Gasteiger charge is -2.59. The highest BCUT2D eigenvalue weighted by Gasteiger charge is 2.63. The van der Waals surface area contributed by atoms with Crippen molar-refractivity contribution < 1.29 is 19.1 Å². The fraction of sp³-hybridized carbons (Fsp3) is 0.682. The standard InChI is InChI=1S/C22H40O4Si3/c1-9-10-11-12-20(25-19-15-13-18(14-16-19)22(23)24)21-17(2)26-28(5,6)29(7,8)27(21,3)4/h13-17,20-21H,9-12H2,1-8H3,(H,23,24). The molecule has 1 N–H and O–H groups in total. The van der Waals surface area contributed by atoms with Crippen molar-refractivity contribution in [2.45, 2.75) is 96.6 Å². The van der Waals surface area contributed by atoms with E-state index in [9.17, 15) is 9.90 Å². The molecule has 4 nitrogen and oxygen atoms in total. The fourth-order valence-electron chi connectivity index (χ4n) is 4.99. The molecule has 3 atom stereocenters. The molecule has 29 heavy (non-hydrogen) atoms. The Morgan fingerprint density at radius 3 is 2.21 bits per heavy atom. The van der Waals surface area contributed by atoms with Crippen molar-refractivity contribution in [3.05, 3.63) is 29.8 Å². The molecule has 0 aromatic heterocycles. The highest BCUT2D eigenvalue weighted by atomic mass is 29.6. The maximum atomic E-state index is 11.2. The molecule has 0 bridgehead atoms. The zero-order valence-corrected chi connectivity index (χ0v) is 22.5. The van der Waals surface area contributed by atoms with Crippen molar-refractivity contribution in [3.8, 4) is 5.75 Å². The van der Waals surface area contributed by atoms with Crippen LogP contribution in [0.25, 0.3) is 0 Å². The van der Waals surface area contributed by atoms with Gasteiger partial charge in [-0.1, -0.05) is 46.0 Å². The summed E-state index contributed by atoms with van der Waals surface area (Å²) in [6.45, 7) is 19.7. The van der Waals surface area contributed by atoms with Crippen LogP contribution in [-0.2, 0) is 4.43 Å². The number of benzene rings is 1. The Labute approximate surface area is 179 Å². The third-order valence-corrected chi connectivity index (χ3v) is 48.8. The van der Waals surface area contributed by atoms with Crippen molar-refractivity contribution in [3.63, 3.8) is 0 Å². The molecule has 7 heteroatoms. The fourth-order valence-corrected chi connectivity index (χ4v) is 37.1. The molecule has 0 amide bonds. The second-order valence-corrected chi connectivity index (χ2v) is 37.3. The molecule has 2 rings (SSSR count).